The second kappa shape index (κ2) is 6.46. The van der Waals surface area contributed by atoms with Crippen LogP contribution in [0.5, 0.6) is 0 Å². The van der Waals surface area contributed by atoms with E-state index in [2.05, 4.69) is 27.8 Å². The molecule has 7 heteroatoms. The van der Waals surface area contributed by atoms with Crippen molar-refractivity contribution in [3.8, 4) is 11.1 Å². The Labute approximate surface area is 135 Å². The van der Waals surface area contributed by atoms with Crippen molar-refractivity contribution < 1.29 is 4.92 Å². The van der Waals surface area contributed by atoms with Crippen molar-refractivity contribution in [3.05, 3.63) is 55.3 Å². The number of aromatic nitrogens is 1. The summed E-state index contributed by atoms with van der Waals surface area (Å²) in [5.74, 6) is 0.276. The van der Waals surface area contributed by atoms with Crippen LogP contribution in [-0.4, -0.2) is 16.5 Å². The Balaban J connectivity index is 2.49. The van der Waals surface area contributed by atoms with Crippen molar-refractivity contribution in [3.63, 3.8) is 0 Å². The van der Waals surface area contributed by atoms with Crippen molar-refractivity contribution in [1.82, 2.24) is 4.98 Å². The van der Waals surface area contributed by atoms with Gasteiger partial charge in [-0.15, -0.1) is 0 Å². The summed E-state index contributed by atoms with van der Waals surface area (Å²) in [6.07, 6.45) is 0. The molecule has 21 heavy (non-hydrogen) atoms. The summed E-state index contributed by atoms with van der Waals surface area (Å²) in [6.45, 7) is 2.63. The van der Waals surface area contributed by atoms with Crippen LogP contribution in [0.3, 0.4) is 0 Å². The zero-order valence-corrected chi connectivity index (χ0v) is 13.7. The van der Waals surface area contributed by atoms with Crippen molar-refractivity contribution in [1.29, 1.82) is 0 Å². The van der Waals surface area contributed by atoms with Gasteiger partial charge in [0, 0.05) is 11.6 Å². The molecule has 0 aliphatic rings. The average Bonchev–Trinajstić information content (AvgIpc) is 2.46. The van der Waals surface area contributed by atoms with Crippen LogP contribution in [0.15, 0.2) is 34.9 Å². The van der Waals surface area contributed by atoms with E-state index < -0.39 is 4.92 Å². The van der Waals surface area contributed by atoms with E-state index in [1.807, 2.05) is 24.3 Å². The van der Waals surface area contributed by atoms with Crippen LogP contribution in [0.1, 0.15) is 18.4 Å². The second-order valence-electron chi connectivity index (χ2n) is 4.73. The van der Waals surface area contributed by atoms with Gasteiger partial charge in [-0.2, -0.15) is 0 Å². The van der Waals surface area contributed by atoms with Gasteiger partial charge in [0.1, 0.15) is 0 Å². The average molecular weight is 368 g/mol. The summed E-state index contributed by atoms with van der Waals surface area (Å²) in [5, 5.41) is 11.0. The Kier molecular flexibility index (Phi) is 4.87. The summed E-state index contributed by atoms with van der Waals surface area (Å²) in [6, 6.07) is 9.27. The molecule has 0 amide bonds. The summed E-state index contributed by atoms with van der Waals surface area (Å²) < 4.78 is 0.724. The van der Waals surface area contributed by atoms with Gasteiger partial charge in [-0.05, 0) is 39.5 Å². The molecule has 110 valence electrons. The lowest BCUT2D eigenvalue weighted by atomic mass is 9.98. The zero-order valence-electron chi connectivity index (χ0n) is 11.3. The number of rotatable bonds is 4. The highest BCUT2D eigenvalue weighted by molar-refractivity contribution is 9.10. The molecule has 1 unspecified atom stereocenters. The fraction of sp³-hybridized carbons (Fsp3) is 0.214. The van der Waals surface area contributed by atoms with Crippen LogP contribution in [0.2, 0.25) is 0 Å². The number of H-pyrrole nitrogens is 1. The number of pyridine rings is 1. The number of nitrogens with one attached hydrogen (secondary N) is 1. The topological polar surface area (TPSA) is 84.9 Å². The predicted molar refractivity (Wildman–Crippen MR) is 88.9 cm³/mol. The molecule has 0 fully saturated rings. The van der Waals surface area contributed by atoms with E-state index in [4.69, 9.17) is 18.0 Å². The third kappa shape index (κ3) is 3.37. The first-order valence-electron chi connectivity index (χ1n) is 6.31. The summed E-state index contributed by atoms with van der Waals surface area (Å²) in [5.41, 5.74) is 8.24. The number of hydrogen-bond donors (Lipinski definition) is 2. The lowest BCUT2D eigenvalue weighted by Crippen LogP contribution is -2.08. The maximum Gasteiger partial charge on any atom is 0.304 e. The molecule has 3 N–H and O–H groups in total. The van der Waals surface area contributed by atoms with Gasteiger partial charge in [-0.3, -0.25) is 10.1 Å². The fourth-order valence-electron chi connectivity index (χ4n) is 1.97. The molecule has 0 saturated carbocycles. The molecular formula is C14H14BrN3O2S. The van der Waals surface area contributed by atoms with E-state index in [0.717, 1.165) is 11.1 Å². The highest BCUT2D eigenvalue weighted by Crippen LogP contribution is 2.31. The molecule has 0 radical (unpaired) electrons. The zero-order chi connectivity index (χ0) is 15.6. The molecule has 5 nitrogen and oxygen atoms in total. The molecule has 1 heterocycles. The first kappa shape index (κ1) is 15.8. The van der Waals surface area contributed by atoms with Crippen LogP contribution >= 0.6 is 28.1 Å². The number of nitrogens with two attached hydrogens (primary N) is 1. The molecule has 0 spiro atoms. The predicted octanol–water partition coefficient (Wildman–Crippen LogP) is 4.14. The SMILES string of the molecule is CC(CN)c1ccc(-c2cc([N+](=O)[O-])c(=S)[nH]c2Br)cc1. The summed E-state index contributed by atoms with van der Waals surface area (Å²) in [4.78, 5) is 13.3. The van der Waals surface area contributed by atoms with Gasteiger partial charge in [0.15, 0.2) is 4.64 Å². The van der Waals surface area contributed by atoms with Gasteiger partial charge < -0.3 is 10.7 Å². The lowest BCUT2D eigenvalue weighted by Gasteiger charge is -2.10. The maximum absolute atomic E-state index is 11.0. The first-order chi connectivity index (χ1) is 9.93. The Morgan fingerprint density at radius 3 is 2.57 bits per heavy atom. The molecule has 1 aromatic carbocycles. The van der Waals surface area contributed by atoms with Crippen molar-refractivity contribution in [2.75, 3.05) is 6.54 Å². The maximum atomic E-state index is 11.0. The molecule has 1 atom stereocenters. The third-order valence-electron chi connectivity index (χ3n) is 3.31. The monoisotopic (exact) mass is 367 g/mol. The highest BCUT2D eigenvalue weighted by atomic mass is 79.9. The van der Waals surface area contributed by atoms with Crippen LogP contribution < -0.4 is 5.73 Å². The molecule has 2 rings (SSSR count). The Morgan fingerprint density at radius 2 is 2.05 bits per heavy atom. The molecule has 1 aromatic heterocycles. The second-order valence-corrected chi connectivity index (χ2v) is 5.93. The Hall–Kier alpha value is -1.57. The van der Waals surface area contributed by atoms with Gasteiger partial charge in [-0.1, -0.05) is 43.4 Å². The van der Waals surface area contributed by atoms with Gasteiger partial charge in [0.25, 0.3) is 0 Å². The van der Waals surface area contributed by atoms with Gasteiger partial charge in [-0.25, -0.2) is 0 Å². The van der Waals surface area contributed by atoms with Crippen molar-refractivity contribution in [2.24, 2.45) is 5.73 Å². The number of hydrogen-bond acceptors (Lipinski definition) is 4. The van der Waals surface area contributed by atoms with Crippen LogP contribution in [0.25, 0.3) is 11.1 Å². The molecule has 0 aliphatic heterocycles. The highest BCUT2D eigenvalue weighted by Gasteiger charge is 2.15. The number of halogens is 1. The molecule has 0 aliphatic carbocycles. The van der Waals surface area contributed by atoms with Crippen LogP contribution in [0, 0.1) is 14.8 Å². The first-order valence-corrected chi connectivity index (χ1v) is 7.51. The van der Waals surface area contributed by atoms with E-state index in [1.54, 1.807) is 0 Å². The van der Waals surface area contributed by atoms with E-state index >= 15 is 0 Å². The van der Waals surface area contributed by atoms with Gasteiger partial charge in [0.05, 0.1) is 9.53 Å². The molecule has 0 saturated heterocycles. The van der Waals surface area contributed by atoms with E-state index in [0.29, 0.717) is 16.7 Å². The minimum absolute atomic E-state index is 0.101. The number of aromatic amines is 1. The lowest BCUT2D eigenvalue weighted by molar-refractivity contribution is -0.385. The van der Waals surface area contributed by atoms with E-state index in [-0.39, 0.29) is 16.2 Å². The fourth-order valence-corrected chi connectivity index (χ4v) is 2.88. The molecule has 0 bridgehead atoms. The normalized spacial score (nSPS) is 12.1. The van der Waals surface area contributed by atoms with Crippen molar-refractivity contribution in [2.45, 2.75) is 12.8 Å². The summed E-state index contributed by atoms with van der Waals surface area (Å²) >= 11 is 8.32. The standard InChI is InChI=1S/C14H14BrN3O2S/c1-8(7-16)9-2-4-10(5-3-9)11-6-12(18(19)20)14(21)17-13(11)15/h2-6,8H,7,16H2,1H3,(H,17,21). The minimum Gasteiger partial charge on any atom is -0.335 e. The number of nitrogens with zero attached hydrogens (tertiary/aromatic N) is 1. The van der Waals surface area contributed by atoms with Crippen LogP contribution in [-0.2, 0) is 0 Å². The number of nitro groups is 1. The van der Waals surface area contributed by atoms with E-state index in [9.17, 15) is 10.1 Å². The third-order valence-corrected chi connectivity index (χ3v) is 4.25. The van der Waals surface area contributed by atoms with Crippen molar-refractivity contribution >= 4 is 33.8 Å². The molecular weight excluding hydrogens is 354 g/mol. The Bertz CT molecular complexity index is 728. The van der Waals surface area contributed by atoms with Gasteiger partial charge >= 0.3 is 5.69 Å². The largest absolute Gasteiger partial charge is 0.335 e. The quantitative estimate of drug-likeness (QED) is 0.368. The summed E-state index contributed by atoms with van der Waals surface area (Å²) in [7, 11) is 0. The minimum atomic E-state index is -0.486. The smallest absolute Gasteiger partial charge is 0.304 e. The Morgan fingerprint density at radius 1 is 1.43 bits per heavy atom. The number of benzene rings is 1. The van der Waals surface area contributed by atoms with E-state index in [1.165, 1.54) is 6.07 Å². The van der Waals surface area contributed by atoms with Crippen LogP contribution in [0.4, 0.5) is 5.69 Å². The molecule has 2 aromatic rings. The van der Waals surface area contributed by atoms with Gasteiger partial charge in [0.2, 0.25) is 0 Å².